The van der Waals surface area contributed by atoms with E-state index in [1.807, 2.05) is 11.8 Å². The summed E-state index contributed by atoms with van der Waals surface area (Å²) >= 11 is 1.96. The fourth-order valence-corrected chi connectivity index (χ4v) is 3.69. The molecule has 0 radical (unpaired) electrons. The highest BCUT2D eigenvalue weighted by Crippen LogP contribution is 2.46. The Morgan fingerprint density at radius 1 is 1.24 bits per heavy atom. The first-order valence-electron chi connectivity index (χ1n) is 6.32. The largest absolute Gasteiger partial charge is 0.337 e. The first-order valence-corrected chi connectivity index (χ1v) is 7.37. The second kappa shape index (κ2) is 5.09. The molecule has 1 heterocycles. The van der Waals surface area contributed by atoms with E-state index in [-0.39, 0.29) is 22.9 Å². The van der Waals surface area contributed by atoms with E-state index in [2.05, 4.69) is 52.2 Å². The molecule has 17 heavy (non-hydrogen) atoms. The molecule has 0 aromatic carbocycles. The highest BCUT2D eigenvalue weighted by Gasteiger charge is 2.43. The van der Waals surface area contributed by atoms with Crippen molar-refractivity contribution in [1.82, 2.24) is 10.6 Å². The highest BCUT2D eigenvalue weighted by atomic mass is 32.2. The van der Waals surface area contributed by atoms with Gasteiger partial charge in [0.1, 0.15) is 0 Å². The molecule has 0 aromatic heterocycles. The fourth-order valence-electron chi connectivity index (χ4n) is 2.09. The highest BCUT2D eigenvalue weighted by molar-refractivity contribution is 8.00. The van der Waals surface area contributed by atoms with E-state index in [1.165, 1.54) is 0 Å². The molecule has 1 rings (SSSR count). The number of carbonyl (C=O) groups is 1. The molecule has 1 fully saturated rings. The van der Waals surface area contributed by atoms with Crippen molar-refractivity contribution in [1.29, 1.82) is 0 Å². The van der Waals surface area contributed by atoms with Crippen LogP contribution in [0.25, 0.3) is 0 Å². The van der Waals surface area contributed by atoms with Crippen molar-refractivity contribution >= 4 is 17.8 Å². The maximum Gasteiger partial charge on any atom is 0.315 e. The number of urea groups is 1. The van der Waals surface area contributed by atoms with E-state index >= 15 is 0 Å². The Morgan fingerprint density at radius 3 is 2.35 bits per heavy atom. The van der Waals surface area contributed by atoms with Gasteiger partial charge in [-0.2, -0.15) is 11.8 Å². The summed E-state index contributed by atoms with van der Waals surface area (Å²) in [4.78, 5) is 11.5. The third kappa shape index (κ3) is 3.30. The van der Waals surface area contributed by atoms with Crippen LogP contribution in [-0.2, 0) is 0 Å². The van der Waals surface area contributed by atoms with Crippen LogP contribution in [-0.4, -0.2) is 29.6 Å². The Balaban J connectivity index is 2.89. The zero-order valence-electron chi connectivity index (χ0n) is 11.9. The number of carbonyl (C=O) groups excluding carboxylic acids is 1. The molecule has 1 aliphatic heterocycles. The second-order valence-corrected chi connectivity index (χ2v) is 7.70. The minimum atomic E-state index is -0.0347. The average Bonchev–Trinajstić information content (AvgIpc) is 2.12. The summed E-state index contributed by atoms with van der Waals surface area (Å²) in [6.07, 6.45) is 0. The van der Waals surface area contributed by atoms with E-state index in [9.17, 15) is 4.79 Å². The van der Waals surface area contributed by atoms with Crippen LogP contribution in [0.3, 0.4) is 0 Å². The number of rotatable bonds is 1. The monoisotopic (exact) mass is 258 g/mol. The van der Waals surface area contributed by atoms with E-state index in [1.54, 1.807) is 0 Å². The Morgan fingerprint density at radius 2 is 1.82 bits per heavy atom. The number of hydrogen-bond donors (Lipinski definition) is 2. The average molecular weight is 258 g/mol. The van der Waals surface area contributed by atoms with Crippen LogP contribution in [0.5, 0.6) is 0 Å². The van der Waals surface area contributed by atoms with E-state index in [0.717, 1.165) is 12.3 Å². The lowest BCUT2D eigenvalue weighted by molar-refractivity contribution is 0.115. The van der Waals surface area contributed by atoms with Crippen molar-refractivity contribution in [3.63, 3.8) is 0 Å². The van der Waals surface area contributed by atoms with Gasteiger partial charge in [-0.1, -0.05) is 34.6 Å². The van der Waals surface area contributed by atoms with Gasteiger partial charge in [-0.3, -0.25) is 0 Å². The van der Waals surface area contributed by atoms with Crippen LogP contribution in [0.1, 0.15) is 41.5 Å². The van der Waals surface area contributed by atoms with Crippen molar-refractivity contribution in [2.45, 2.75) is 52.8 Å². The van der Waals surface area contributed by atoms with Gasteiger partial charge in [-0.25, -0.2) is 4.79 Å². The van der Waals surface area contributed by atoms with Crippen LogP contribution in [0.4, 0.5) is 4.79 Å². The normalized spacial score (nSPS) is 27.8. The van der Waals surface area contributed by atoms with Crippen molar-refractivity contribution in [2.24, 2.45) is 10.8 Å². The van der Waals surface area contributed by atoms with Gasteiger partial charge in [0, 0.05) is 23.6 Å². The predicted molar refractivity (Wildman–Crippen MR) is 75.5 cm³/mol. The minimum Gasteiger partial charge on any atom is -0.337 e. The maximum atomic E-state index is 11.5. The summed E-state index contributed by atoms with van der Waals surface area (Å²) in [5.41, 5.74) is 0.387. The van der Waals surface area contributed by atoms with Crippen molar-refractivity contribution < 1.29 is 4.79 Å². The summed E-state index contributed by atoms with van der Waals surface area (Å²) in [6, 6.07) is 0.155. The van der Waals surface area contributed by atoms with Crippen molar-refractivity contribution in [2.75, 3.05) is 12.3 Å². The SMILES string of the molecule is CC1NC(=O)NCCSC1C(C)(C)C(C)(C)C. The predicted octanol–water partition coefficient (Wildman–Crippen LogP) is 2.86. The molecule has 100 valence electrons. The molecule has 0 aromatic rings. The Hall–Kier alpha value is -0.380. The lowest BCUT2D eigenvalue weighted by Gasteiger charge is -2.47. The molecule has 1 aliphatic rings. The van der Waals surface area contributed by atoms with Gasteiger partial charge in [-0.05, 0) is 17.8 Å². The van der Waals surface area contributed by atoms with Gasteiger partial charge >= 0.3 is 6.03 Å². The van der Waals surface area contributed by atoms with E-state index in [4.69, 9.17) is 0 Å². The Kier molecular flexibility index (Phi) is 4.39. The molecule has 0 spiro atoms. The summed E-state index contributed by atoms with van der Waals surface area (Å²) in [5, 5.41) is 6.33. The summed E-state index contributed by atoms with van der Waals surface area (Å²) in [7, 11) is 0. The number of amides is 2. The Labute approximate surface area is 109 Å². The summed E-state index contributed by atoms with van der Waals surface area (Å²) in [6.45, 7) is 14.3. The van der Waals surface area contributed by atoms with Gasteiger partial charge in [0.2, 0.25) is 0 Å². The molecule has 2 N–H and O–H groups in total. The van der Waals surface area contributed by atoms with Crippen LogP contribution in [0, 0.1) is 10.8 Å². The zero-order valence-corrected chi connectivity index (χ0v) is 12.7. The number of hydrogen-bond acceptors (Lipinski definition) is 2. The molecule has 4 heteroatoms. The first kappa shape index (κ1) is 14.7. The van der Waals surface area contributed by atoms with Gasteiger partial charge < -0.3 is 10.6 Å². The lowest BCUT2D eigenvalue weighted by Crippen LogP contribution is -2.54. The lowest BCUT2D eigenvalue weighted by atomic mass is 9.66. The van der Waals surface area contributed by atoms with E-state index in [0.29, 0.717) is 5.25 Å². The Bertz CT molecular complexity index is 284. The van der Waals surface area contributed by atoms with Crippen molar-refractivity contribution in [3.8, 4) is 0 Å². The topological polar surface area (TPSA) is 41.1 Å². The molecule has 2 amide bonds. The number of thioether (sulfide) groups is 1. The fraction of sp³-hybridized carbons (Fsp3) is 0.923. The standard InChI is InChI=1S/C13H26N2OS/c1-9-10(13(5,6)12(2,3)4)17-8-7-14-11(16)15-9/h9-10H,7-8H2,1-6H3,(H2,14,15,16). The van der Waals surface area contributed by atoms with Crippen LogP contribution >= 0.6 is 11.8 Å². The van der Waals surface area contributed by atoms with Gasteiger partial charge in [-0.15, -0.1) is 0 Å². The van der Waals surface area contributed by atoms with Gasteiger partial charge in [0.25, 0.3) is 0 Å². The molecule has 2 unspecified atom stereocenters. The number of nitrogens with one attached hydrogen (secondary N) is 2. The van der Waals surface area contributed by atoms with Gasteiger partial charge in [0.15, 0.2) is 0 Å². The summed E-state index contributed by atoms with van der Waals surface area (Å²) < 4.78 is 0. The molecule has 1 saturated heterocycles. The quantitative estimate of drug-likeness (QED) is 0.759. The molecule has 0 bridgehead atoms. The molecule has 2 atom stereocenters. The molecular formula is C13H26N2OS. The van der Waals surface area contributed by atoms with Gasteiger partial charge in [0.05, 0.1) is 0 Å². The molecule has 0 aliphatic carbocycles. The molecular weight excluding hydrogens is 232 g/mol. The third-order valence-electron chi connectivity index (χ3n) is 4.14. The third-order valence-corrected chi connectivity index (χ3v) is 5.94. The smallest absolute Gasteiger partial charge is 0.315 e. The first-order chi connectivity index (χ1) is 7.66. The van der Waals surface area contributed by atoms with Crippen LogP contribution < -0.4 is 10.6 Å². The minimum absolute atomic E-state index is 0.0347. The molecule has 3 nitrogen and oxygen atoms in total. The maximum absolute atomic E-state index is 11.5. The zero-order chi connectivity index (χ0) is 13.3. The molecule has 0 saturated carbocycles. The van der Waals surface area contributed by atoms with Crippen molar-refractivity contribution in [3.05, 3.63) is 0 Å². The van der Waals surface area contributed by atoms with Crippen LogP contribution in [0.2, 0.25) is 0 Å². The second-order valence-electron chi connectivity index (χ2n) is 6.45. The van der Waals surface area contributed by atoms with E-state index < -0.39 is 0 Å². The van der Waals surface area contributed by atoms with Crippen LogP contribution in [0.15, 0.2) is 0 Å². The summed E-state index contributed by atoms with van der Waals surface area (Å²) in [5.74, 6) is 0.988.